The average Bonchev–Trinajstić information content (AvgIpc) is 3.08. The summed E-state index contributed by atoms with van der Waals surface area (Å²) < 4.78 is 0. The Kier molecular flexibility index (Phi) is 2.81. The third-order valence-electron chi connectivity index (χ3n) is 3.99. The highest BCUT2D eigenvalue weighted by molar-refractivity contribution is 5.44. The summed E-state index contributed by atoms with van der Waals surface area (Å²) in [5.41, 5.74) is 2.28. The van der Waals surface area contributed by atoms with Crippen molar-refractivity contribution in [3.8, 4) is 5.75 Å². The Morgan fingerprint density at radius 3 is 2.88 bits per heavy atom. The lowest BCUT2D eigenvalue weighted by molar-refractivity contribution is 0.144. The first-order valence-electron chi connectivity index (χ1n) is 6.48. The zero-order chi connectivity index (χ0) is 11.8. The maximum atomic E-state index is 9.84. The lowest BCUT2D eigenvalue weighted by atomic mass is 10.1. The van der Waals surface area contributed by atoms with Gasteiger partial charge in [0.1, 0.15) is 5.75 Å². The lowest BCUT2D eigenvalue weighted by Gasteiger charge is -2.17. The van der Waals surface area contributed by atoms with Crippen LogP contribution in [0.25, 0.3) is 0 Å². The van der Waals surface area contributed by atoms with Crippen LogP contribution in [0.4, 0.5) is 0 Å². The van der Waals surface area contributed by atoms with Crippen LogP contribution in [0.15, 0.2) is 18.2 Å². The summed E-state index contributed by atoms with van der Waals surface area (Å²) in [4.78, 5) is 0. The van der Waals surface area contributed by atoms with Crippen LogP contribution < -0.4 is 5.32 Å². The topological polar surface area (TPSA) is 52.5 Å². The van der Waals surface area contributed by atoms with Crippen molar-refractivity contribution in [2.75, 3.05) is 6.54 Å². The highest BCUT2D eigenvalue weighted by Crippen LogP contribution is 2.37. The summed E-state index contributed by atoms with van der Waals surface area (Å²) in [5.74, 6) is 0.932. The normalized spacial score (nSPS) is 24.6. The van der Waals surface area contributed by atoms with Crippen LogP contribution in [0.1, 0.15) is 36.4 Å². The Hall–Kier alpha value is -1.06. The lowest BCUT2D eigenvalue weighted by Crippen LogP contribution is -2.30. The minimum atomic E-state index is -0.198. The van der Waals surface area contributed by atoms with Crippen molar-refractivity contribution >= 4 is 0 Å². The third-order valence-corrected chi connectivity index (χ3v) is 3.99. The maximum Gasteiger partial charge on any atom is 0.119 e. The molecule has 2 unspecified atom stereocenters. The first kappa shape index (κ1) is 11.1. The Morgan fingerprint density at radius 1 is 1.29 bits per heavy atom. The van der Waals surface area contributed by atoms with E-state index in [1.165, 1.54) is 18.4 Å². The van der Waals surface area contributed by atoms with Crippen molar-refractivity contribution in [3.63, 3.8) is 0 Å². The molecule has 0 amide bonds. The molecule has 3 N–H and O–H groups in total. The van der Waals surface area contributed by atoms with Gasteiger partial charge in [-0.25, -0.2) is 0 Å². The van der Waals surface area contributed by atoms with Crippen molar-refractivity contribution in [2.45, 2.75) is 37.8 Å². The van der Waals surface area contributed by atoms with E-state index in [2.05, 4.69) is 11.4 Å². The van der Waals surface area contributed by atoms with E-state index in [4.69, 9.17) is 0 Å². The molecule has 3 rings (SSSR count). The molecule has 1 saturated carbocycles. The van der Waals surface area contributed by atoms with Gasteiger partial charge in [0.05, 0.1) is 6.10 Å². The van der Waals surface area contributed by atoms with E-state index in [0.29, 0.717) is 24.3 Å². The second-order valence-corrected chi connectivity index (χ2v) is 5.25. The maximum absolute atomic E-state index is 9.84. The fourth-order valence-corrected chi connectivity index (χ4v) is 2.76. The molecule has 1 aromatic carbocycles. The molecule has 0 heterocycles. The van der Waals surface area contributed by atoms with Crippen molar-refractivity contribution in [1.29, 1.82) is 0 Å². The number of phenolic OH excluding ortho intramolecular Hbond substituents is 1. The minimum Gasteiger partial charge on any atom is -0.508 e. The van der Waals surface area contributed by atoms with Crippen LogP contribution in [0, 0.1) is 5.92 Å². The first-order valence-corrected chi connectivity index (χ1v) is 6.48. The Labute approximate surface area is 101 Å². The second-order valence-electron chi connectivity index (χ2n) is 5.25. The summed E-state index contributed by atoms with van der Waals surface area (Å²) in [5, 5.41) is 23.0. The van der Waals surface area contributed by atoms with Gasteiger partial charge in [0.15, 0.2) is 0 Å². The number of fused-ring (bicyclic) bond motifs is 1. The van der Waals surface area contributed by atoms with Gasteiger partial charge < -0.3 is 15.5 Å². The zero-order valence-electron chi connectivity index (χ0n) is 9.89. The Bertz CT molecular complexity index is 415. The molecule has 0 aromatic heterocycles. The second kappa shape index (κ2) is 4.31. The zero-order valence-corrected chi connectivity index (χ0v) is 9.89. The van der Waals surface area contributed by atoms with Crippen LogP contribution in [0.2, 0.25) is 0 Å². The molecule has 2 aliphatic rings. The molecule has 0 aliphatic heterocycles. The van der Waals surface area contributed by atoms with Crippen LogP contribution >= 0.6 is 0 Å². The molecule has 1 fully saturated rings. The van der Waals surface area contributed by atoms with E-state index in [1.807, 2.05) is 6.07 Å². The standard InChI is InChI=1S/C14H19NO2/c16-13-3-1-2-10-11(13)6-7-12(10)15-8-14(17)9-4-5-9/h1-3,9,12,14-17H,4-8H2. The number of aliphatic hydroxyl groups is 1. The largest absolute Gasteiger partial charge is 0.508 e. The van der Waals surface area contributed by atoms with Gasteiger partial charge in [-0.2, -0.15) is 0 Å². The molecule has 92 valence electrons. The van der Waals surface area contributed by atoms with Crippen LogP contribution in [0.3, 0.4) is 0 Å². The van der Waals surface area contributed by atoms with Crippen LogP contribution in [-0.2, 0) is 6.42 Å². The fraction of sp³-hybridized carbons (Fsp3) is 0.571. The third kappa shape index (κ3) is 2.17. The van der Waals surface area contributed by atoms with E-state index in [-0.39, 0.29) is 6.10 Å². The molecule has 3 heteroatoms. The summed E-state index contributed by atoms with van der Waals surface area (Å²) >= 11 is 0. The smallest absolute Gasteiger partial charge is 0.119 e. The van der Waals surface area contributed by atoms with Crippen LogP contribution in [-0.4, -0.2) is 22.9 Å². The summed E-state index contributed by atoms with van der Waals surface area (Å²) in [6.45, 7) is 0.671. The monoisotopic (exact) mass is 233 g/mol. The van der Waals surface area contributed by atoms with E-state index in [9.17, 15) is 10.2 Å². The van der Waals surface area contributed by atoms with E-state index in [1.54, 1.807) is 6.07 Å². The van der Waals surface area contributed by atoms with Crippen LogP contribution in [0.5, 0.6) is 5.75 Å². The van der Waals surface area contributed by atoms with Gasteiger partial charge in [0.25, 0.3) is 0 Å². The molecule has 0 radical (unpaired) electrons. The van der Waals surface area contributed by atoms with Gasteiger partial charge in [-0.1, -0.05) is 12.1 Å². The minimum absolute atomic E-state index is 0.198. The number of aromatic hydroxyl groups is 1. The first-order chi connectivity index (χ1) is 8.25. The summed E-state index contributed by atoms with van der Waals surface area (Å²) in [6.07, 6.45) is 4.09. The number of phenols is 1. The van der Waals surface area contributed by atoms with Gasteiger partial charge in [-0.3, -0.25) is 0 Å². The molecular weight excluding hydrogens is 214 g/mol. The number of hydrogen-bond donors (Lipinski definition) is 3. The molecule has 0 saturated heterocycles. The number of aliphatic hydroxyl groups excluding tert-OH is 1. The van der Waals surface area contributed by atoms with Gasteiger partial charge in [0.2, 0.25) is 0 Å². The fourth-order valence-electron chi connectivity index (χ4n) is 2.76. The Morgan fingerprint density at radius 2 is 2.12 bits per heavy atom. The van der Waals surface area contributed by atoms with E-state index < -0.39 is 0 Å². The number of rotatable bonds is 4. The molecule has 0 spiro atoms. The molecule has 2 aliphatic carbocycles. The average molecular weight is 233 g/mol. The number of benzene rings is 1. The van der Waals surface area contributed by atoms with E-state index >= 15 is 0 Å². The summed E-state index contributed by atoms with van der Waals surface area (Å²) in [7, 11) is 0. The highest BCUT2D eigenvalue weighted by Gasteiger charge is 2.31. The van der Waals surface area contributed by atoms with Crippen molar-refractivity contribution in [1.82, 2.24) is 5.32 Å². The van der Waals surface area contributed by atoms with Gasteiger partial charge >= 0.3 is 0 Å². The molecular formula is C14H19NO2. The van der Waals surface area contributed by atoms with Crippen molar-refractivity contribution < 1.29 is 10.2 Å². The molecule has 3 nitrogen and oxygen atoms in total. The van der Waals surface area contributed by atoms with Gasteiger partial charge in [0, 0.05) is 12.6 Å². The number of hydrogen-bond acceptors (Lipinski definition) is 3. The molecule has 2 atom stereocenters. The molecule has 1 aromatic rings. The molecule has 17 heavy (non-hydrogen) atoms. The SMILES string of the molecule is Oc1cccc2c1CCC2NCC(O)C1CC1. The quantitative estimate of drug-likeness (QED) is 0.742. The van der Waals surface area contributed by atoms with Crippen molar-refractivity contribution in [3.05, 3.63) is 29.3 Å². The summed E-state index contributed by atoms with van der Waals surface area (Å²) in [6, 6.07) is 6.01. The predicted octanol–water partition coefficient (Wildman–Crippen LogP) is 1.74. The van der Waals surface area contributed by atoms with Gasteiger partial charge in [-0.15, -0.1) is 0 Å². The predicted molar refractivity (Wildman–Crippen MR) is 65.9 cm³/mol. The van der Waals surface area contributed by atoms with Crippen molar-refractivity contribution in [2.24, 2.45) is 5.92 Å². The Balaban J connectivity index is 1.65. The van der Waals surface area contributed by atoms with E-state index in [0.717, 1.165) is 18.4 Å². The van der Waals surface area contributed by atoms with Gasteiger partial charge in [-0.05, 0) is 48.8 Å². The number of nitrogens with one attached hydrogen (secondary N) is 1. The highest BCUT2D eigenvalue weighted by atomic mass is 16.3. The molecule has 0 bridgehead atoms.